The minimum Gasteiger partial charge on any atom is -0.382 e. The van der Waals surface area contributed by atoms with Crippen LogP contribution in [0.1, 0.15) is 10.4 Å². The Hall–Kier alpha value is -0.180. The third kappa shape index (κ3) is 5.64. The van der Waals surface area contributed by atoms with E-state index in [4.69, 9.17) is 9.47 Å². The van der Waals surface area contributed by atoms with Crippen molar-refractivity contribution in [2.24, 2.45) is 0 Å². The second kappa shape index (κ2) is 8.84. The third-order valence-electron chi connectivity index (χ3n) is 2.14. The Morgan fingerprint density at radius 2 is 2.17 bits per heavy atom. The Morgan fingerprint density at radius 3 is 2.89 bits per heavy atom. The monoisotopic (exact) mass is 427 g/mol. The molecule has 1 rings (SSSR count). The topological polar surface area (TPSA) is 47.6 Å². The summed E-state index contributed by atoms with van der Waals surface area (Å²) in [6, 6.07) is 5.62. The number of carbonyl (C=O) groups excluding carboxylic acids is 1. The maximum atomic E-state index is 11.9. The van der Waals surface area contributed by atoms with Crippen LogP contribution in [0.3, 0.4) is 0 Å². The summed E-state index contributed by atoms with van der Waals surface area (Å²) in [6.45, 7) is 2.09. The smallest absolute Gasteiger partial charge is 0.252 e. The molecule has 0 aliphatic carbocycles. The van der Waals surface area contributed by atoms with Gasteiger partial charge in [0.15, 0.2) is 0 Å². The first-order chi connectivity index (χ1) is 8.65. The van der Waals surface area contributed by atoms with Crippen LogP contribution in [0.2, 0.25) is 0 Å². The predicted molar refractivity (Wildman–Crippen MR) is 81.9 cm³/mol. The van der Waals surface area contributed by atoms with Gasteiger partial charge in [0.2, 0.25) is 0 Å². The Labute approximate surface area is 129 Å². The van der Waals surface area contributed by atoms with Crippen molar-refractivity contribution < 1.29 is 14.3 Å². The molecule has 0 aromatic heterocycles. The number of hydrogen-bond acceptors (Lipinski definition) is 3. The Kier molecular flexibility index (Phi) is 7.80. The van der Waals surface area contributed by atoms with E-state index >= 15 is 0 Å². The fourth-order valence-corrected chi connectivity index (χ4v) is 2.19. The van der Waals surface area contributed by atoms with Crippen molar-refractivity contribution in [1.82, 2.24) is 5.32 Å². The fraction of sp³-hybridized carbons (Fsp3) is 0.417. The Balaban J connectivity index is 2.34. The van der Waals surface area contributed by atoms with Crippen molar-refractivity contribution in [3.8, 4) is 0 Å². The lowest BCUT2D eigenvalue weighted by atomic mass is 10.2. The van der Waals surface area contributed by atoms with E-state index in [2.05, 4.69) is 43.8 Å². The van der Waals surface area contributed by atoms with Gasteiger partial charge in [0.1, 0.15) is 0 Å². The van der Waals surface area contributed by atoms with Crippen LogP contribution in [0.15, 0.2) is 22.7 Å². The van der Waals surface area contributed by atoms with Gasteiger partial charge in [0.05, 0.1) is 25.4 Å². The summed E-state index contributed by atoms with van der Waals surface area (Å²) in [7, 11) is 1.63. The molecule has 4 nitrogen and oxygen atoms in total. The number of methoxy groups -OCH3 is 1. The van der Waals surface area contributed by atoms with Gasteiger partial charge in [-0.3, -0.25) is 4.79 Å². The average molecular weight is 428 g/mol. The van der Waals surface area contributed by atoms with E-state index in [1.165, 1.54) is 0 Å². The number of amides is 1. The minimum atomic E-state index is -0.0870. The largest absolute Gasteiger partial charge is 0.382 e. The van der Waals surface area contributed by atoms with Crippen molar-refractivity contribution in [3.63, 3.8) is 0 Å². The van der Waals surface area contributed by atoms with Crippen molar-refractivity contribution in [2.45, 2.75) is 0 Å². The number of halogens is 2. The molecule has 0 aliphatic heterocycles. The van der Waals surface area contributed by atoms with Gasteiger partial charge in [0.25, 0.3) is 5.91 Å². The molecule has 1 aromatic rings. The third-order valence-corrected chi connectivity index (χ3v) is 3.57. The normalized spacial score (nSPS) is 10.4. The van der Waals surface area contributed by atoms with Gasteiger partial charge in [-0.15, -0.1) is 0 Å². The van der Waals surface area contributed by atoms with E-state index in [0.717, 1.165) is 8.04 Å². The summed E-state index contributed by atoms with van der Waals surface area (Å²) >= 11 is 5.50. The first-order valence-corrected chi connectivity index (χ1v) is 7.32. The standard InChI is InChI=1S/C12H15BrINO3/c1-17-6-7-18-5-4-15-12(16)10-8-9(13)2-3-11(10)14/h2-3,8H,4-7H2,1H3,(H,15,16). The number of carbonyl (C=O) groups is 1. The number of rotatable bonds is 7. The molecule has 0 heterocycles. The van der Waals surface area contributed by atoms with Gasteiger partial charge in [-0.2, -0.15) is 0 Å². The summed E-state index contributed by atoms with van der Waals surface area (Å²) in [5.74, 6) is -0.0870. The highest BCUT2D eigenvalue weighted by atomic mass is 127. The molecule has 0 saturated carbocycles. The highest BCUT2D eigenvalue weighted by Crippen LogP contribution is 2.18. The van der Waals surface area contributed by atoms with Crippen molar-refractivity contribution >= 4 is 44.4 Å². The first-order valence-electron chi connectivity index (χ1n) is 5.45. The van der Waals surface area contributed by atoms with Crippen LogP contribution in [0, 0.1) is 3.57 Å². The summed E-state index contributed by atoms with van der Waals surface area (Å²) in [4.78, 5) is 11.9. The van der Waals surface area contributed by atoms with Crippen LogP contribution in [-0.4, -0.2) is 39.4 Å². The summed E-state index contributed by atoms with van der Waals surface area (Å²) in [6.07, 6.45) is 0. The molecule has 0 aliphatic rings. The molecule has 0 atom stereocenters. The van der Waals surface area contributed by atoms with Crippen LogP contribution < -0.4 is 5.32 Å². The van der Waals surface area contributed by atoms with Crippen LogP contribution in [0.5, 0.6) is 0 Å². The zero-order valence-corrected chi connectivity index (χ0v) is 13.8. The van der Waals surface area contributed by atoms with Crippen molar-refractivity contribution in [2.75, 3.05) is 33.5 Å². The lowest BCUT2D eigenvalue weighted by Gasteiger charge is -2.08. The number of nitrogens with one attached hydrogen (secondary N) is 1. The molecule has 0 fully saturated rings. The molecular formula is C12H15BrINO3. The lowest BCUT2D eigenvalue weighted by molar-refractivity contribution is 0.0692. The molecule has 0 unspecified atom stereocenters. The maximum Gasteiger partial charge on any atom is 0.252 e. The number of ether oxygens (including phenoxy) is 2. The Bertz CT molecular complexity index is 401. The van der Waals surface area contributed by atoms with Gasteiger partial charge in [-0.25, -0.2) is 0 Å². The van der Waals surface area contributed by atoms with Crippen LogP contribution >= 0.6 is 38.5 Å². The molecular weight excluding hydrogens is 413 g/mol. The quantitative estimate of drug-likeness (QED) is 0.537. The lowest BCUT2D eigenvalue weighted by Crippen LogP contribution is -2.28. The van der Waals surface area contributed by atoms with E-state index in [1.54, 1.807) is 7.11 Å². The van der Waals surface area contributed by atoms with E-state index in [1.807, 2.05) is 18.2 Å². The van der Waals surface area contributed by atoms with Gasteiger partial charge >= 0.3 is 0 Å². The molecule has 100 valence electrons. The second-order valence-electron chi connectivity index (χ2n) is 3.49. The molecule has 6 heteroatoms. The SMILES string of the molecule is COCCOCCNC(=O)c1cc(Br)ccc1I. The highest BCUT2D eigenvalue weighted by molar-refractivity contribution is 14.1. The van der Waals surface area contributed by atoms with E-state index in [9.17, 15) is 4.79 Å². The van der Waals surface area contributed by atoms with Gasteiger partial charge in [-0.05, 0) is 40.8 Å². The van der Waals surface area contributed by atoms with Crippen molar-refractivity contribution in [3.05, 3.63) is 31.8 Å². The fourth-order valence-electron chi connectivity index (χ4n) is 1.25. The number of hydrogen-bond donors (Lipinski definition) is 1. The van der Waals surface area contributed by atoms with Crippen molar-refractivity contribution in [1.29, 1.82) is 0 Å². The van der Waals surface area contributed by atoms with E-state index in [0.29, 0.717) is 31.9 Å². The minimum absolute atomic E-state index is 0.0870. The molecule has 1 aromatic carbocycles. The average Bonchev–Trinajstić information content (AvgIpc) is 2.36. The molecule has 1 N–H and O–H groups in total. The van der Waals surface area contributed by atoms with E-state index in [-0.39, 0.29) is 5.91 Å². The maximum absolute atomic E-state index is 11.9. The predicted octanol–water partition coefficient (Wildman–Crippen LogP) is 2.45. The second-order valence-corrected chi connectivity index (χ2v) is 5.56. The first kappa shape index (κ1) is 15.9. The zero-order chi connectivity index (χ0) is 13.4. The molecule has 1 amide bonds. The zero-order valence-electron chi connectivity index (χ0n) is 10.0. The Morgan fingerprint density at radius 1 is 1.39 bits per heavy atom. The highest BCUT2D eigenvalue weighted by Gasteiger charge is 2.09. The summed E-state index contributed by atoms with van der Waals surface area (Å²) in [5.41, 5.74) is 0.668. The van der Waals surface area contributed by atoms with E-state index < -0.39 is 0 Å². The van der Waals surface area contributed by atoms with Gasteiger partial charge in [0, 0.05) is 21.7 Å². The molecule has 0 radical (unpaired) electrons. The molecule has 18 heavy (non-hydrogen) atoms. The summed E-state index contributed by atoms with van der Waals surface area (Å²) < 4.78 is 11.9. The molecule has 0 saturated heterocycles. The molecule has 0 spiro atoms. The van der Waals surface area contributed by atoms with Gasteiger partial charge < -0.3 is 14.8 Å². The van der Waals surface area contributed by atoms with Crippen LogP contribution in [0.4, 0.5) is 0 Å². The van der Waals surface area contributed by atoms with Gasteiger partial charge in [-0.1, -0.05) is 15.9 Å². The van der Waals surface area contributed by atoms with Crippen LogP contribution in [0.25, 0.3) is 0 Å². The number of benzene rings is 1. The summed E-state index contributed by atoms with van der Waals surface area (Å²) in [5, 5.41) is 2.81. The van der Waals surface area contributed by atoms with Crippen LogP contribution in [-0.2, 0) is 9.47 Å². The molecule has 0 bridgehead atoms.